The monoisotopic (exact) mass is 290 g/mol. The largest absolute Gasteiger partial charge is 0.463 e. The second-order valence-corrected chi connectivity index (χ2v) is 4.32. The summed E-state index contributed by atoms with van der Waals surface area (Å²) >= 11 is 5.93. The Hall–Kier alpha value is -2.45. The predicted octanol–water partition coefficient (Wildman–Crippen LogP) is 3.20. The summed E-state index contributed by atoms with van der Waals surface area (Å²) in [6, 6.07) is 10.3. The maximum absolute atomic E-state index is 11.2. The number of carbonyl (C=O) groups is 1. The fraction of sp³-hybridized carbons (Fsp3) is 0.143. The molecular formula is C14H11ClN2O3. The number of furan rings is 1. The van der Waals surface area contributed by atoms with Crippen LogP contribution in [0.5, 0.6) is 0 Å². The summed E-state index contributed by atoms with van der Waals surface area (Å²) in [6.45, 7) is 0.388. The van der Waals surface area contributed by atoms with Crippen LogP contribution in [0.1, 0.15) is 21.9 Å². The van der Waals surface area contributed by atoms with E-state index in [1.54, 1.807) is 30.3 Å². The molecule has 20 heavy (non-hydrogen) atoms. The highest BCUT2D eigenvalue weighted by Gasteiger charge is 2.10. The second kappa shape index (κ2) is 6.13. The van der Waals surface area contributed by atoms with Crippen LogP contribution >= 0.6 is 11.6 Å². The van der Waals surface area contributed by atoms with Gasteiger partial charge in [-0.2, -0.15) is 5.26 Å². The molecule has 5 nitrogen and oxygen atoms in total. The van der Waals surface area contributed by atoms with Crippen LogP contribution in [-0.2, 0) is 11.3 Å². The van der Waals surface area contributed by atoms with E-state index in [2.05, 4.69) is 10.1 Å². The maximum atomic E-state index is 11.2. The molecule has 0 saturated heterocycles. The highest BCUT2D eigenvalue weighted by atomic mass is 35.5. The van der Waals surface area contributed by atoms with Gasteiger partial charge >= 0.3 is 5.97 Å². The third-order valence-corrected chi connectivity index (χ3v) is 2.92. The van der Waals surface area contributed by atoms with Gasteiger partial charge in [-0.1, -0.05) is 11.6 Å². The van der Waals surface area contributed by atoms with Gasteiger partial charge in [0.1, 0.15) is 11.8 Å². The molecule has 0 spiro atoms. The molecule has 0 aliphatic carbocycles. The van der Waals surface area contributed by atoms with Crippen molar-refractivity contribution < 1.29 is 13.9 Å². The van der Waals surface area contributed by atoms with Gasteiger partial charge in [-0.15, -0.1) is 0 Å². The van der Waals surface area contributed by atoms with E-state index in [1.807, 2.05) is 6.07 Å². The average Bonchev–Trinajstić information content (AvgIpc) is 2.93. The van der Waals surface area contributed by atoms with E-state index in [4.69, 9.17) is 21.3 Å². The highest BCUT2D eigenvalue weighted by molar-refractivity contribution is 6.32. The first-order valence-corrected chi connectivity index (χ1v) is 6.12. The Morgan fingerprint density at radius 2 is 2.25 bits per heavy atom. The van der Waals surface area contributed by atoms with E-state index in [0.29, 0.717) is 22.9 Å². The number of hydrogen-bond donors (Lipinski definition) is 1. The van der Waals surface area contributed by atoms with Crippen molar-refractivity contribution in [1.82, 2.24) is 0 Å². The van der Waals surface area contributed by atoms with Crippen molar-refractivity contribution in [3.8, 4) is 6.07 Å². The van der Waals surface area contributed by atoms with Crippen molar-refractivity contribution in [3.63, 3.8) is 0 Å². The lowest BCUT2D eigenvalue weighted by Gasteiger charge is -2.05. The van der Waals surface area contributed by atoms with Crippen molar-refractivity contribution in [2.24, 2.45) is 0 Å². The number of nitrogens with zero attached hydrogens (tertiary/aromatic N) is 1. The molecule has 0 saturated carbocycles. The molecule has 0 atom stereocenters. The number of hydrogen-bond acceptors (Lipinski definition) is 5. The van der Waals surface area contributed by atoms with E-state index in [9.17, 15) is 4.79 Å². The van der Waals surface area contributed by atoms with E-state index in [0.717, 1.165) is 5.69 Å². The molecule has 0 fully saturated rings. The number of carbonyl (C=O) groups excluding carboxylic acids is 1. The topological polar surface area (TPSA) is 75.3 Å². The van der Waals surface area contributed by atoms with Gasteiger partial charge in [0.15, 0.2) is 0 Å². The summed E-state index contributed by atoms with van der Waals surface area (Å²) in [5, 5.41) is 12.2. The summed E-state index contributed by atoms with van der Waals surface area (Å²) in [7, 11) is 1.29. The molecule has 2 rings (SSSR count). The van der Waals surface area contributed by atoms with Crippen LogP contribution in [0.4, 0.5) is 5.69 Å². The SMILES string of the molecule is COC(=O)c1ccc(CNc2ccc(C#N)c(Cl)c2)o1. The normalized spacial score (nSPS) is 9.85. The molecule has 2 aromatic rings. The minimum atomic E-state index is -0.516. The summed E-state index contributed by atoms with van der Waals surface area (Å²) in [4.78, 5) is 11.2. The lowest BCUT2D eigenvalue weighted by Crippen LogP contribution is -2.00. The lowest BCUT2D eigenvalue weighted by atomic mass is 10.2. The third-order valence-electron chi connectivity index (χ3n) is 2.60. The van der Waals surface area contributed by atoms with Gasteiger partial charge in [-0.3, -0.25) is 0 Å². The fourth-order valence-electron chi connectivity index (χ4n) is 1.59. The lowest BCUT2D eigenvalue weighted by molar-refractivity contribution is 0.0563. The third kappa shape index (κ3) is 3.11. The molecule has 102 valence electrons. The number of ether oxygens (including phenoxy) is 1. The summed E-state index contributed by atoms with van der Waals surface area (Å²) < 4.78 is 9.86. The van der Waals surface area contributed by atoms with Gasteiger partial charge in [0.05, 0.1) is 24.2 Å². The molecule has 1 heterocycles. The van der Waals surface area contributed by atoms with E-state index in [1.165, 1.54) is 7.11 Å². The van der Waals surface area contributed by atoms with Crippen LogP contribution in [0, 0.1) is 11.3 Å². The number of halogens is 1. The van der Waals surface area contributed by atoms with E-state index >= 15 is 0 Å². The fourth-order valence-corrected chi connectivity index (χ4v) is 1.81. The molecule has 0 aliphatic rings. The second-order valence-electron chi connectivity index (χ2n) is 3.92. The number of rotatable bonds is 4. The number of nitriles is 1. The number of nitrogens with one attached hydrogen (secondary N) is 1. The van der Waals surface area contributed by atoms with Gasteiger partial charge in [-0.05, 0) is 30.3 Å². The minimum absolute atomic E-state index is 0.155. The maximum Gasteiger partial charge on any atom is 0.373 e. The number of benzene rings is 1. The molecule has 0 amide bonds. The summed E-state index contributed by atoms with van der Waals surface area (Å²) in [5.41, 5.74) is 1.17. The average molecular weight is 291 g/mol. The molecule has 6 heteroatoms. The predicted molar refractivity (Wildman–Crippen MR) is 73.5 cm³/mol. The zero-order chi connectivity index (χ0) is 14.5. The van der Waals surface area contributed by atoms with Gasteiger partial charge in [0.25, 0.3) is 0 Å². The zero-order valence-corrected chi connectivity index (χ0v) is 11.4. The first-order chi connectivity index (χ1) is 9.63. The van der Waals surface area contributed by atoms with Crippen molar-refractivity contribution in [3.05, 3.63) is 52.4 Å². The van der Waals surface area contributed by atoms with Gasteiger partial charge in [0, 0.05) is 5.69 Å². The molecule has 0 bridgehead atoms. The van der Waals surface area contributed by atoms with Crippen molar-refractivity contribution in [2.45, 2.75) is 6.54 Å². The Labute approximate surface area is 120 Å². The smallest absolute Gasteiger partial charge is 0.373 e. The standard InChI is InChI=1S/C14H11ClN2O3/c1-19-14(18)13-5-4-11(20-13)8-17-10-3-2-9(7-16)12(15)6-10/h2-6,17H,8H2,1H3. The van der Waals surface area contributed by atoms with E-state index < -0.39 is 5.97 Å². The molecular weight excluding hydrogens is 280 g/mol. The van der Waals surface area contributed by atoms with Crippen molar-refractivity contribution in [1.29, 1.82) is 5.26 Å². The highest BCUT2D eigenvalue weighted by Crippen LogP contribution is 2.21. The van der Waals surface area contributed by atoms with Crippen LogP contribution in [0.25, 0.3) is 0 Å². The van der Waals surface area contributed by atoms with Gasteiger partial charge in [-0.25, -0.2) is 4.79 Å². The van der Waals surface area contributed by atoms with Crippen LogP contribution in [0.15, 0.2) is 34.7 Å². The Balaban J connectivity index is 2.02. The Morgan fingerprint density at radius 1 is 1.45 bits per heavy atom. The first kappa shape index (κ1) is 14.0. The number of anilines is 1. The molecule has 0 radical (unpaired) electrons. The molecule has 0 unspecified atom stereocenters. The molecule has 1 aromatic carbocycles. The van der Waals surface area contributed by atoms with Crippen LogP contribution in [-0.4, -0.2) is 13.1 Å². The minimum Gasteiger partial charge on any atom is -0.463 e. The Bertz CT molecular complexity index is 673. The first-order valence-electron chi connectivity index (χ1n) is 5.74. The quantitative estimate of drug-likeness (QED) is 0.875. The Kier molecular flexibility index (Phi) is 4.28. The Morgan fingerprint density at radius 3 is 2.90 bits per heavy atom. The van der Waals surface area contributed by atoms with Crippen LogP contribution < -0.4 is 5.32 Å². The molecule has 1 aromatic heterocycles. The molecule has 1 N–H and O–H groups in total. The summed E-state index contributed by atoms with van der Waals surface area (Å²) in [5.74, 6) is 0.228. The van der Waals surface area contributed by atoms with Gasteiger partial charge in [0.2, 0.25) is 5.76 Å². The zero-order valence-electron chi connectivity index (χ0n) is 10.6. The van der Waals surface area contributed by atoms with Crippen LogP contribution in [0.3, 0.4) is 0 Å². The van der Waals surface area contributed by atoms with Gasteiger partial charge < -0.3 is 14.5 Å². The number of methoxy groups -OCH3 is 1. The summed E-state index contributed by atoms with van der Waals surface area (Å²) in [6.07, 6.45) is 0. The molecule has 0 aliphatic heterocycles. The van der Waals surface area contributed by atoms with Crippen molar-refractivity contribution in [2.75, 3.05) is 12.4 Å². The van der Waals surface area contributed by atoms with Crippen molar-refractivity contribution >= 4 is 23.3 Å². The van der Waals surface area contributed by atoms with E-state index in [-0.39, 0.29) is 5.76 Å². The van der Waals surface area contributed by atoms with Crippen LogP contribution in [0.2, 0.25) is 5.02 Å². The number of esters is 1.